The number of nitrogens with one attached hydrogen (secondary N) is 2. The maximum atomic E-state index is 12.2. The van der Waals surface area contributed by atoms with E-state index in [0.29, 0.717) is 29.2 Å². The van der Waals surface area contributed by atoms with Crippen LogP contribution >= 0.6 is 0 Å². The van der Waals surface area contributed by atoms with Crippen molar-refractivity contribution in [2.75, 3.05) is 31.4 Å². The smallest absolute Gasteiger partial charge is 0.339 e. The van der Waals surface area contributed by atoms with Gasteiger partial charge in [0.05, 0.1) is 25.5 Å². The number of aryl methyl sites for hydroxylation is 1. The average molecular weight is 342 g/mol. The fourth-order valence-corrected chi connectivity index (χ4v) is 2.37. The summed E-state index contributed by atoms with van der Waals surface area (Å²) in [6, 6.07) is 12.6. The molecule has 0 aliphatic rings. The predicted molar refractivity (Wildman–Crippen MR) is 97.2 cm³/mol. The van der Waals surface area contributed by atoms with Gasteiger partial charge < -0.3 is 20.1 Å². The number of rotatable bonds is 7. The number of amides is 1. The molecule has 2 N–H and O–H groups in total. The van der Waals surface area contributed by atoms with E-state index in [9.17, 15) is 9.59 Å². The molecule has 0 unspecified atom stereocenters. The molecule has 6 heteroatoms. The fraction of sp³-hybridized carbons (Fsp3) is 0.263. The van der Waals surface area contributed by atoms with Gasteiger partial charge in [-0.2, -0.15) is 0 Å². The number of carbonyl (C=O) groups excluding carboxylic acids is 2. The number of anilines is 2. The van der Waals surface area contributed by atoms with Gasteiger partial charge in [-0.1, -0.05) is 18.2 Å². The third-order valence-electron chi connectivity index (χ3n) is 3.63. The van der Waals surface area contributed by atoms with Crippen LogP contribution in [0.2, 0.25) is 0 Å². The third kappa shape index (κ3) is 4.97. The SMILES string of the molecule is COC(=O)c1ccccc1NCCC(=O)Nc1cc(C)ccc1OC. The Labute approximate surface area is 147 Å². The topological polar surface area (TPSA) is 76.7 Å². The first kappa shape index (κ1) is 18.3. The molecular weight excluding hydrogens is 320 g/mol. The molecule has 6 nitrogen and oxygen atoms in total. The fourth-order valence-electron chi connectivity index (χ4n) is 2.37. The van der Waals surface area contributed by atoms with Gasteiger partial charge in [0, 0.05) is 18.7 Å². The van der Waals surface area contributed by atoms with E-state index in [-0.39, 0.29) is 12.3 Å². The highest BCUT2D eigenvalue weighted by atomic mass is 16.5. The van der Waals surface area contributed by atoms with Crippen LogP contribution in [-0.4, -0.2) is 32.6 Å². The minimum atomic E-state index is -0.419. The zero-order chi connectivity index (χ0) is 18.2. The number of benzene rings is 2. The van der Waals surface area contributed by atoms with E-state index in [4.69, 9.17) is 9.47 Å². The van der Waals surface area contributed by atoms with Crippen LogP contribution in [0, 0.1) is 6.92 Å². The highest BCUT2D eigenvalue weighted by Gasteiger charge is 2.12. The number of esters is 1. The van der Waals surface area contributed by atoms with Crippen LogP contribution in [0.3, 0.4) is 0 Å². The summed E-state index contributed by atoms with van der Waals surface area (Å²) in [6.07, 6.45) is 0.243. The Morgan fingerprint density at radius 3 is 2.52 bits per heavy atom. The lowest BCUT2D eigenvalue weighted by Gasteiger charge is -2.12. The second kappa shape index (κ2) is 8.73. The van der Waals surface area contributed by atoms with Crippen molar-refractivity contribution in [2.45, 2.75) is 13.3 Å². The Kier molecular flexibility index (Phi) is 6.39. The molecule has 0 bridgehead atoms. The average Bonchev–Trinajstić information content (AvgIpc) is 2.61. The van der Waals surface area contributed by atoms with Crippen molar-refractivity contribution in [1.29, 1.82) is 0 Å². The van der Waals surface area contributed by atoms with Crippen molar-refractivity contribution >= 4 is 23.3 Å². The summed E-state index contributed by atoms with van der Waals surface area (Å²) in [5.41, 5.74) is 2.74. The first-order chi connectivity index (χ1) is 12.0. The molecular formula is C19H22N2O4. The van der Waals surface area contributed by atoms with Crippen LogP contribution < -0.4 is 15.4 Å². The van der Waals surface area contributed by atoms with Gasteiger partial charge in [-0.15, -0.1) is 0 Å². The molecule has 0 spiro atoms. The quantitative estimate of drug-likeness (QED) is 0.756. The summed E-state index contributed by atoms with van der Waals surface area (Å²) >= 11 is 0. The van der Waals surface area contributed by atoms with Crippen LogP contribution in [-0.2, 0) is 9.53 Å². The van der Waals surface area contributed by atoms with Crippen molar-refractivity contribution in [1.82, 2.24) is 0 Å². The van der Waals surface area contributed by atoms with Gasteiger partial charge in [-0.05, 0) is 36.8 Å². The van der Waals surface area contributed by atoms with Gasteiger partial charge in [0.15, 0.2) is 0 Å². The second-order valence-electron chi connectivity index (χ2n) is 5.47. The van der Waals surface area contributed by atoms with E-state index < -0.39 is 5.97 Å². The lowest BCUT2D eigenvalue weighted by molar-refractivity contribution is -0.116. The zero-order valence-electron chi connectivity index (χ0n) is 14.6. The van der Waals surface area contributed by atoms with Crippen LogP contribution in [0.5, 0.6) is 5.75 Å². The van der Waals surface area contributed by atoms with Crippen LogP contribution in [0.4, 0.5) is 11.4 Å². The summed E-state index contributed by atoms with van der Waals surface area (Å²) in [7, 11) is 2.90. The lowest BCUT2D eigenvalue weighted by atomic mass is 10.1. The summed E-state index contributed by atoms with van der Waals surface area (Å²) < 4.78 is 10.00. The Balaban J connectivity index is 1.94. The van der Waals surface area contributed by atoms with E-state index in [1.807, 2.05) is 31.2 Å². The van der Waals surface area contributed by atoms with E-state index in [2.05, 4.69) is 10.6 Å². The second-order valence-corrected chi connectivity index (χ2v) is 5.47. The van der Waals surface area contributed by atoms with Crippen LogP contribution in [0.1, 0.15) is 22.3 Å². The van der Waals surface area contributed by atoms with Crippen LogP contribution in [0.25, 0.3) is 0 Å². The molecule has 0 atom stereocenters. The van der Waals surface area contributed by atoms with E-state index in [0.717, 1.165) is 5.56 Å². The van der Waals surface area contributed by atoms with Crippen molar-refractivity contribution in [3.63, 3.8) is 0 Å². The Bertz CT molecular complexity index is 759. The monoisotopic (exact) mass is 342 g/mol. The van der Waals surface area contributed by atoms with Crippen molar-refractivity contribution < 1.29 is 19.1 Å². The van der Waals surface area contributed by atoms with Crippen molar-refractivity contribution in [3.8, 4) is 5.75 Å². The number of methoxy groups -OCH3 is 2. The first-order valence-corrected chi connectivity index (χ1v) is 7.91. The molecule has 0 radical (unpaired) electrons. The van der Waals surface area contributed by atoms with Gasteiger partial charge in [-0.25, -0.2) is 4.79 Å². The Hall–Kier alpha value is -3.02. The third-order valence-corrected chi connectivity index (χ3v) is 3.63. The van der Waals surface area contributed by atoms with E-state index >= 15 is 0 Å². The Morgan fingerprint density at radius 1 is 1.04 bits per heavy atom. The summed E-state index contributed by atoms with van der Waals surface area (Å²) in [5.74, 6) is 0.0481. The molecule has 2 aromatic carbocycles. The first-order valence-electron chi connectivity index (χ1n) is 7.91. The van der Waals surface area contributed by atoms with Gasteiger partial charge in [-0.3, -0.25) is 4.79 Å². The highest BCUT2D eigenvalue weighted by Crippen LogP contribution is 2.25. The molecule has 0 fully saturated rings. The highest BCUT2D eigenvalue weighted by molar-refractivity contribution is 5.96. The maximum Gasteiger partial charge on any atom is 0.339 e. The predicted octanol–water partition coefficient (Wildman–Crippen LogP) is 3.23. The van der Waals surface area contributed by atoms with Crippen molar-refractivity contribution in [3.05, 3.63) is 53.6 Å². The maximum absolute atomic E-state index is 12.2. The minimum absolute atomic E-state index is 0.146. The molecule has 0 aromatic heterocycles. The summed E-state index contributed by atoms with van der Waals surface area (Å²) in [5, 5.41) is 5.93. The largest absolute Gasteiger partial charge is 0.495 e. The van der Waals surface area contributed by atoms with E-state index in [1.165, 1.54) is 7.11 Å². The summed E-state index contributed by atoms with van der Waals surface area (Å²) in [6.45, 7) is 2.33. The standard InChI is InChI=1S/C19H22N2O4/c1-13-8-9-17(24-2)16(12-13)21-18(22)10-11-20-15-7-5-4-6-14(15)19(23)25-3/h4-9,12,20H,10-11H2,1-3H3,(H,21,22). The van der Waals surface area contributed by atoms with Gasteiger partial charge in [0.2, 0.25) is 5.91 Å². The van der Waals surface area contributed by atoms with Crippen molar-refractivity contribution in [2.24, 2.45) is 0 Å². The molecule has 1 amide bonds. The molecule has 25 heavy (non-hydrogen) atoms. The molecule has 0 aliphatic heterocycles. The lowest BCUT2D eigenvalue weighted by Crippen LogP contribution is -2.17. The normalized spacial score (nSPS) is 10.0. The summed E-state index contributed by atoms with van der Waals surface area (Å²) in [4.78, 5) is 23.9. The molecule has 2 rings (SSSR count). The van der Waals surface area contributed by atoms with Crippen LogP contribution in [0.15, 0.2) is 42.5 Å². The minimum Gasteiger partial charge on any atom is -0.495 e. The molecule has 0 heterocycles. The molecule has 0 saturated carbocycles. The number of ether oxygens (including phenoxy) is 2. The van der Waals surface area contributed by atoms with Gasteiger partial charge in [0.1, 0.15) is 5.75 Å². The Morgan fingerprint density at radius 2 is 1.80 bits per heavy atom. The zero-order valence-corrected chi connectivity index (χ0v) is 14.6. The van der Waals surface area contributed by atoms with Gasteiger partial charge >= 0.3 is 5.97 Å². The number of hydrogen-bond donors (Lipinski definition) is 2. The molecule has 0 aliphatic carbocycles. The number of carbonyl (C=O) groups is 2. The van der Waals surface area contributed by atoms with E-state index in [1.54, 1.807) is 25.3 Å². The molecule has 0 saturated heterocycles. The molecule has 2 aromatic rings. The van der Waals surface area contributed by atoms with Gasteiger partial charge in [0.25, 0.3) is 0 Å². The molecule has 132 valence electrons. The number of hydrogen-bond acceptors (Lipinski definition) is 5. The number of para-hydroxylation sites is 1.